The lowest BCUT2D eigenvalue weighted by molar-refractivity contribution is -0.121. The highest BCUT2D eigenvalue weighted by Crippen LogP contribution is 2.19. The van der Waals surface area contributed by atoms with Gasteiger partial charge in [-0.3, -0.25) is 9.59 Å². The number of likely N-dealkylation sites (N-methyl/N-ethyl adjacent to an activating group) is 1. The molecular weight excluding hydrogens is 330 g/mol. The Morgan fingerprint density at radius 1 is 1.22 bits per heavy atom. The Morgan fingerprint density at radius 2 is 2.04 bits per heavy atom. The highest BCUT2D eigenvalue weighted by molar-refractivity contribution is 7.12. The summed E-state index contributed by atoms with van der Waals surface area (Å²) < 4.78 is 0. The van der Waals surface area contributed by atoms with Crippen LogP contribution in [0.2, 0.25) is 0 Å². The predicted molar refractivity (Wildman–Crippen MR) is 95.0 cm³/mol. The second kappa shape index (κ2) is 8.81. The molecule has 23 heavy (non-hydrogen) atoms. The number of rotatable bonds is 8. The molecule has 0 bridgehead atoms. The summed E-state index contributed by atoms with van der Waals surface area (Å²) in [7, 11) is 3.99. The van der Waals surface area contributed by atoms with E-state index in [0.717, 1.165) is 0 Å². The van der Waals surface area contributed by atoms with E-state index >= 15 is 0 Å². The van der Waals surface area contributed by atoms with Gasteiger partial charge in [0, 0.05) is 19.5 Å². The molecule has 2 rings (SSSR count). The summed E-state index contributed by atoms with van der Waals surface area (Å²) in [6.07, 6.45) is 0.279. The van der Waals surface area contributed by atoms with Gasteiger partial charge in [-0.15, -0.1) is 11.3 Å². The number of thiophene rings is 2. The molecule has 0 aromatic carbocycles. The maximum atomic E-state index is 11.9. The van der Waals surface area contributed by atoms with Gasteiger partial charge in [-0.1, -0.05) is 6.07 Å². The van der Waals surface area contributed by atoms with Crippen LogP contribution in [0.4, 0.5) is 0 Å². The molecule has 1 atom stereocenters. The van der Waals surface area contributed by atoms with E-state index in [4.69, 9.17) is 0 Å². The van der Waals surface area contributed by atoms with Crippen molar-refractivity contribution in [2.45, 2.75) is 12.5 Å². The molecule has 1 unspecified atom stereocenters. The van der Waals surface area contributed by atoms with Gasteiger partial charge in [0.05, 0.1) is 10.9 Å². The average molecular weight is 351 g/mol. The second-order valence-corrected chi connectivity index (χ2v) is 7.05. The molecule has 5 nitrogen and oxygen atoms in total. The fraction of sp³-hybridized carbons (Fsp3) is 0.375. The molecule has 0 fully saturated rings. The van der Waals surface area contributed by atoms with Gasteiger partial charge >= 0.3 is 0 Å². The van der Waals surface area contributed by atoms with Crippen LogP contribution in [0.15, 0.2) is 34.3 Å². The summed E-state index contributed by atoms with van der Waals surface area (Å²) in [6, 6.07) is 5.83. The number of hydrogen-bond acceptors (Lipinski definition) is 5. The molecule has 2 N–H and O–H groups in total. The van der Waals surface area contributed by atoms with Crippen molar-refractivity contribution >= 4 is 34.5 Å². The third-order valence-corrected chi connectivity index (χ3v) is 5.00. The molecule has 2 amide bonds. The van der Waals surface area contributed by atoms with E-state index in [2.05, 4.69) is 27.0 Å². The molecule has 2 heterocycles. The van der Waals surface area contributed by atoms with Gasteiger partial charge in [0.1, 0.15) is 0 Å². The highest BCUT2D eigenvalue weighted by atomic mass is 32.1. The first kappa shape index (κ1) is 17.7. The second-order valence-electron chi connectivity index (χ2n) is 5.32. The van der Waals surface area contributed by atoms with E-state index in [0.29, 0.717) is 18.0 Å². The molecule has 0 spiro atoms. The van der Waals surface area contributed by atoms with Gasteiger partial charge in [-0.2, -0.15) is 11.3 Å². The lowest BCUT2D eigenvalue weighted by atomic mass is 10.1. The Labute approximate surface area is 144 Å². The van der Waals surface area contributed by atoms with Crippen molar-refractivity contribution in [3.8, 4) is 0 Å². The van der Waals surface area contributed by atoms with Crippen molar-refractivity contribution in [3.63, 3.8) is 0 Å². The van der Waals surface area contributed by atoms with E-state index in [1.54, 1.807) is 17.4 Å². The largest absolute Gasteiger partial charge is 0.354 e. The summed E-state index contributed by atoms with van der Waals surface area (Å²) in [5.41, 5.74) is 1.20. The summed E-state index contributed by atoms with van der Waals surface area (Å²) in [5, 5.41) is 11.7. The Hall–Kier alpha value is -1.70. The first-order valence-corrected chi connectivity index (χ1v) is 9.17. The van der Waals surface area contributed by atoms with Gasteiger partial charge in [0.25, 0.3) is 5.91 Å². The van der Waals surface area contributed by atoms with Crippen LogP contribution in [0, 0.1) is 0 Å². The van der Waals surface area contributed by atoms with Crippen LogP contribution in [-0.4, -0.2) is 43.9 Å². The fourth-order valence-corrected chi connectivity index (χ4v) is 3.49. The minimum atomic E-state index is -0.128. The van der Waals surface area contributed by atoms with E-state index < -0.39 is 0 Å². The zero-order chi connectivity index (χ0) is 16.7. The summed E-state index contributed by atoms with van der Waals surface area (Å²) in [6.45, 7) is 0.898. The third-order valence-electron chi connectivity index (χ3n) is 3.43. The highest BCUT2D eigenvalue weighted by Gasteiger charge is 2.15. The molecule has 0 aliphatic carbocycles. The Kier molecular flexibility index (Phi) is 6.76. The maximum absolute atomic E-state index is 11.9. The Bertz CT molecular complexity index is 609. The van der Waals surface area contributed by atoms with Gasteiger partial charge in [0.15, 0.2) is 0 Å². The van der Waals surface area contributed by atoms with Crippen LogP contribution in [0.3, 0.4) is 0 Å². The summed E-state index contributed by atoms with van der Waals surface area (Å²) in [5.74, 6) is -0.184. The van der Waals surface area contributed by atoms with Crippen molar-refractivity contribution in [2.75, 3.05) is 27.2 Å². The van der Waals surface area contributed by atoms with Crippen molar-refractivity contribution in [1.29, 1.82) is 0 Å². The number of nitrogens with zero attached hydrogens (tertiary/aromatic N) is 1. The first-order valence-electron chi connectivity index (χ1n) is 7.35. The van der Waals surface area contributed by atoms with Crippen molar-refractivity contribution < 1.29 is 9.59 Å². The molecule has 0 saturated heterocycles. The quantitative estimate of drug-likeness (QED) is 0.767. The topological polar surface area (TPSA) is 61.4 Å². The van der Waals surface area contributed by atoms with E-state index in [1.165, 1.54) is 16.9 Å². The molecule has 2 aromatic rings. The zero-order valence-corrected chi connectivity index (χ0v) is 14.9. The number of carbonyl (C=O) groups excluding carboxylic acids is 2. The van der Waals surface area contributed by atoms with Gasteiger partial charge in [0.2, 0.25) is 5.91 Å². The van der Waals surface area contributed by atoms with Crippen molar-refractivity contribution in [2.24, 2.45) is 0 Å². The Morgan fingerprint density at radius 3 is 2.65 bits per heavy atom. The number of hydrogen-bond donors (Lipinski definition) is 2. The van der Waals surface area contributed by atoms with E-state index in [9.17, 15) is 9.59 Å². The first-order chi connectivity index (χ1) is 11.1. The Balaban J connectivity index is 1.71. The van der Waals surface area contributed by atoms with Crippen molar-refractivity contribution in [1.82, 2.24) is 15.5 Å². The summed E-state index contributed by atoms with van der Waals surface area (Å²) >= 11 is 3.04. The molecule has 0 saturated carbocycles. The molecule has 0 aliphatic heterocycles. The summed E-state index contributed by atoms with van der Waals surface area (Å²) in [4.78, 5) is 26.4. The SMILES string of the molecule is CN(C)C(CNC(=O)CCNC(=O)c1cccs1)c1ccsc1. The molecule has 2 aromatic heterocycles. The number of carbonyl (C=O) groups is 2. The molecule has 7 heteroatoms. The van der Waals surface area contributed by atoms with E-state index in [-0.39, 0.29) is 24.3 Å². The van der Waals surface area contributed by atoms with Gasteiger partial charge < -0.3 is 15.5 Å². The zero-order valence-electron chi connectivity index (χ0n) is 13.2. The smallest absolute Gasteiger partial charge is 0.261 e. The lowest BCUT2D eigenvalue weighted by Crippen LogP contribution is -2.36. The molecular formula is C16H21N3O2S2. The van der Waals surface area contributed by atoms with Crippen LogP contribution < -0.4 is 10.6 Å². The number of amides is 2. The monoisotopic (exact) mass is 351 g/mol. The maximum Gasteiger partial charge on any atom is 0.261 e. The fourth-order valence-electron chi connectivity index (χ4n) is 2.15. The molecule has 0 aliphatic rings. The number of nitrogens with one attached hydrogen (secondary N) is 2. The lowest BCUT2D eigenvalue weighted by Gasteiger charge is -2.24. The van der Waals surface area contributed by atoms with Crippen LogP contribution in [0.1, 0.15) is 27.7 Å². The molecule has 124 valence electrons. The standard InChI is InChI=1S/C16H21N3O2S2/c1-19(2)13(12-6-9-22-11-12)10-18-15(20)5-7-17-16(21)14-4-3-8-23-14/h3-4,6,8-9,11,13H,5,7,10H2,1-2H3,(H,17,21)(H,18,20). The van der Waals surface area contributed by atoms with Gasteiger partial charge in [-0.05, 0) is 47.9 Å². The molecule has 0 radical (unpaired) electrons. The van der Waals surface area contributed by atoms with Crippen LogP contribution >= 0.6 is 22.7 Å². The van der Waals surface area contributed by atoms with E-state index in [1.807, 2.05) is 30.9 Å². The van der Waals surface area contributed by atoms with Crippen molar-refractivity contribution in [3.05, 3.63) is 44.8 Å². The van der Waals surface area contributed by atoms with Gasteiger partial charge in [-0.25, -0.2) is 0 Å². The minimum Gasteiger partial charge on any atom is -0.354 e. The minimum absolute atomic E-state index is 0.0569. The third kappa shape index (κ3) is 5.46. The normalized spacial score (nSPS) is 12.1. The van der Waals surface area contributed by atoms with Crippen LogP contribution in [-0.2, 0) is 4.79 Å². The van der Waals surface area contributed by atoms with Crippen LogP contribution in [0.25, 0.3) is 0 Å². The van der Waals surface area contributed by atoms with Crippen LogP contribution in [0.5, 0.6) is 0 Å². The average Bonchev–Trinajstić information content (AvgIpc) is 3.20. The predicted octanol–water partition coefficient (Wildman–Crippen LogP) is 2.35.